The minimum atomic E-state index is -0.227. The second kappa shape index (κ2) is 7.31. The van der Waals surface area contributed by atoms with Gasteiger partial charge < -0.3 is 14.8 Å². The number of carbonyl (C=O) groups is 1. The molecule has 1 aromatic heterocycles. The molecular weight excluding hydrogens is 330 g/mol. The van der Waals surface area contributed by atoms with Crippen LogP contribution in [-0.2, 0) is 0 Å². The van der Waals surface area contributed by atoms with Crippen LogP contribution in [0.2, 0.25) is 0 Å². The first-order valence-electron chi connectivity index (χ1n) is 8.19. The highest BCUT2D eigenvalue weighted by Gasteiger charge is 2.17. The van der Waals surface area contributed by atoms with E-state index in [0.29, 0.717) is 22.7 Å². The van der Waals surface area contributed by atoms with Gasteiger partial charge in [-0.05, 0) is 37.6 Å². The van der Waals surface area contributed by atoms with Crippen molar-refractivity contribution < 1.29 is 14.3 Å². The molecule has 0 aliphatic carbocycles. The molecule has 6 heteroatoms. The third kappa shape index (κ3) is 3.26. The highest BCUT2D eigenvalue weighted by molar-refractivity contribution is 6.05. The molecule has 26 heavy (non-hydrogen) atoms. The minimum absolute atomic E-state index is 0.227. The Labute approximate surface area is 152 Å². The van der Waals surface area contributed by atoms with Gasteiger partial charge in [0.2, 0.25) is 0 Å². The number of amides is 1. The molecule has 0 spiro atoms. The fraction of sp³-hybridized carbons (Fsp3) is 0.200. The van der Waals surface area contributed by atoms with E-state index in [-0.39, 0.29) is 5.91 Å². The van der Waals surface area contributed by atoms with E-state index in [4.69, 9.17) is 9.47 Å². The van der Waals surface area contributed by atoms with Crippen molar-refractivity contribution in [2.24, 2.45) is 0 Å². The standard InChI is InChI=1S/C20H21N3O3/c1-13-7-5-6-8-17(13)23-14(2)16(12-21-23)20(24)22-15-9-10-18(25-3)19(11-15)26-4/h5-12H,1-4H3,(H,22,24). The number of rotatable bonds is 5. The van der Waals surface area contributed by atoms with Gasteiger partial charge in [-0.15, -0.1) is 0 Å². The Bertz CT molecular complexity index is 947. The molecular formula is C20H21N3O3. The highest BCUT2D eigenvalue weighted by atomic mass is 16.5. The SMILES string of the molecule is COc1ccc(NC(=O)c2cnn(-c3ccccc3C)c2C)cc1OC. The summed E-state index contributed by atoms with van der Waals surface area (Å²) >= 11 is 0. The fourth-order valence-electron chi connectivity index (χ4n) is 2.79. The van der Waals surface area contributed by atoms with Crippen molar-refractivity contribution in [1.82, 2.24) is 9.78 Å². The molecule has 134 valence electrons. The number of methoxy groups -OCH3 is 2. The van der Waals surface area contributed by atoms with Crippen molar-refractivity contribution in [3.05, 3.63) is 65.5 Å². The topological polar surface area (TPSA) is 65.4 Å². The molecule has 0 radical (unpaired) electrons. The van der Waals surface area contributed by atoms with E-state index in [1.165, 1.54) is 0 Å². The maximum atomic E-state index is 12.7. The quantitative estimate of drug-likeness (QED) is 0.760. The number of para-hydroxylation sites is 1. The van der Waals surface area contributed by atoms with E-state index >= 15 is 0 Å². The molecule has 2 aromatic carbocycles. The van der Waals surface area contributed by atoms with E-state index in [9.17, 15) is 4.79 Å². The first-order valence-corrected chi connectivity index (χ1v) is 8.19. The van der Waals surface area contributed by atoms with Gasteiger partial charge in [0.1, 0.15) is 0 Å². The maximum absolute atomic E-state index is 12.7. The number of ether oxygens (including phenoxy) is 2. The van der Waals surface area contributed by atoms with E-state index in [1.807, 2.05) is 38.1 Å². The second-order valence-electron chi connectivity index (χ2n) is 5.87. The number of aromatic nitrogens is 2. The summed E-state index contributed by atoms with van der Waals surface area (Å²) in [6.45, 7) is 3.89. The van der Waals surface area contributed by atoms with Gasteiger partial charge in [-0.2, -0.15) is 5.10 Å². The largest absolute Gasteiger partial charge is 0.493 e. The average Bonchev–Trinajstić information content (AvgIpc) is 3.03. The predicted octanol–water partition coefficient (Wildman–Crippen LogP) is 3.76. The predicted molar refractivity (Wildman–Crippen MR) is 101 cm³/mol. The molecule has 6 nitrogen and oxygen atoms in total. The molecule has 3 rings (SSSR count). The molecule has 0 atom stereocenters. The van der Waals surface area contributed by atoms with Crippen molar-refractivity contribution in [2.75, 3.05) is 19.5 Å². The van der Waals surface area contributed by atoms with Crippen LogP contribution in [0.25, 0.3) is 5.69 Å². The molecule has 0 unspecified atom stereocenters. The summed E-state index contributed by atoms with van der Waals surface area (Å²) in [5.74, 6) is 0.932. The number of hydrogen-bond donors (Lipinski definition) is 1. The van der Waals surface area contributed by atoms with Crippen LogP contribution in [0.1, 0.15) is 21.6 Å². The Morgan fingerprint density at radius 2 is 1.77 bits per heavy atom. The molecule has 0 fully saturated rings. The number of nitrogens with zero attached hydrogens (tertiary/aromatic N) is 2. The first kappa shape index (κ1) is 17.5. The molecule has 1 amide bonds. The van der Waals surface area contributed by atoms with E-state index in [0.717, 1.165) is 16.9 Å². The number of hydrogen-bond acceptors (Lipinski definition) is 4. The van der Waals surface area contributed by atoms with Gasteiger partial charge in [-0.1, -0.05) is 18.2 Å². The molecule has 0 saturated carbocycles. The first-order chi connectivity index (χ1) is 12.5. The Kier molecular flexibility index (Phi) is 4.93. The molecule has 0 aliphatic rings. The number of carbonyl (C=O) groups excluding carboxylic acids is 1. The normalized spacial score (nSPS) is 10.5. The van der Waals surface area contributed by atoms with Gasteiger partial charge in [0, 0.05) is 11.8 Å². The lowest BCUT2D eigenvalue weighted by atomic mass is 10.2. The van der Waals surface area contributed by atoms with Gasteiger partial charge in [-0.3, -0.25) is 4.79 Å². The second-order valence-corrected chi connectivity index (χ2v) is 5.87. The minimum Gasteiger partial charge on any atom is -0.493 e. The van der Waals surface area contributed by atoms with Crippen molar-refractivity contribution in [3.63, 3.8) is 0 Å². The molecule has 0 aliphatic heterocycles. The van der Waals surface area contributed by atoms with Gasteiger partial charge in [0.15, 0.2) is 11.5 Å². The molecule has 1 N–H and O–H groups in total. The lowest BCUT2D eigenvalue weighted by Crippen LogP contribution is -2.13. The van der Waals surface area contributed by atoms with Crippen LogP contribution >= 0.6 is 0 Å². The summed E-state index contributed by atoms with van der Waals surface area (Å²) in [5.41, 5.74) is 3.96. The van der Waals surface area contributed by atoms with Crippen molar-refractivity contribution in [3.8, 4) is 17.2 Å². The van der Waals surface area contributed by atoms with Gasteiger partial charge >= 0.3 is 0 Å². The summed E-state index contributed by atoms with van der Waals surface area (Å²) in [7, 11) is 3.12. The van der Waals surface area contributed by atoms with Crippen LogP contribution in [0.5, 0.6) is 11.5 Å². The molecule has 0 saturated heterocycles. The number of benzene rings is 2. The number of anilines is 1. The monoisotopic (exact) mass is 351 g/mol. The van der Waals surface area contributed by atoms with Crippen LogP contribution in [0.4, 0.5) is 5.69 Å². The Morgan fingerprint density at radius 1 is 1.04 bits per heavy atom. The molecule has 0 bridgehead atoms. The zero-order valence-corrected chi connectivity index (χ0v) is 15.2. The zero-order chi connectivity index (χ0) is 18.7. The summed E-state index contributed by atoms with van der Waals surface area (Å²) in [4.78, 5) is 12.7. The van der Waals surface area contributed by atoms with Crippen LogP contribution in [0.3, 0.4) is 0 Å². The van der Waals surface area contributed by atoms with Gasteiger partial charge in [0.25, 0.3) is 5.91 Å². The Morgan fingerprint density at radius 3 is 2.46 bits per heavy atom. The Balaban J connectivity index is 1.87. The van der Waals surface area contributed by atoms with Crippen molar-refractivity contribution in [2.45, 2.75) is 13.8 Å². The lowest BCUT2D eigenvalue weighted by molar-refractivity contribution is 0.102. The number of nitrogens with one attached hydrogen (secondary N) is 1. The molecule has 3 aromatic rings. The van der Waals surface area contributed by atoms with Crippen LogP contribution in [0.15, 0.2) is 48.7 Å². The van der Waals surface area contributed by atoms with Crippen molar-refractivity contribution >= 4 is 11.6 Å². The summed E-state index contributed by atoms with van der Waals surface area (Å²) in [6.07, 6.45) is 1.58. The van der Waals surface area contributed by atoms with Crippen LogP contribution in [0, 0.1) is 13.8 Å². The van der Waals surface area contributed by atoms with Gasteiger partial charge in [0.05, 0.1) is 37.4 Å². The summed E-state index contributed by atoms with van der Waals surface area (Å²) in [6, 6.07) is 13.1. The lowest BCUT2D eigenvalue weighted by Gasteiger charge is -2.11. The smallest absolute Gasteiger partial charge is 0.259 e. The molecule has 1 heterocycles. The van der Waals surface area contributed by atoms with Gasteiger partial charge in [-0.25, -0.2) is 4.68 Å². The average molecular weight is 351 g/mol. The Hall–Kier alpha value is -3.28. The van der Waals surface area contributed by atoms with E-state index < -0.39 is 0 Å². The number of aryl methyl sites for hydroxylation is 1. The third-order valence-electron chi connectivity index (χ3n) is 4.24. The van der Waals surface area contributed by atoms with Crippen LogP contribution in [-0.4, -0.2) is 29.9 Å². The maximum Gasteiger partial charge on any atom is 0.259 e. The van der Waals surface area contributed by atoms with Crippen LogP contribution < -0.4 is 14.8 Å². The van der Waals surface area contributed by atoms with E-state index in [1.54, 1.807) is 43.3 Å². The zero-order valence-electron chi connectivity index (χ0n) is 15.2. The fourth-order valence-corrected chi connectivity index (χ4v) is 2.79. The van der Waals surface area contributed by atoms with Crippen molar-refractivity contribution in [1.29, 1.82) is 0 Å². The summed E-state index contributed by atoms with van der Waals surface area (Å²) in [5, 5.41) is 7.26. The highest BCUT2D eigenvalue weighted by Crippen LogP contribution is 2.30. The third-order valence-corrected chi connectivity index (χ3v) is 4.24. The summed E-state index contributed by atoms with van der Waals surface area (Å²) < 4.78 is 12.3. The van der Waals surface area contributed by atoms with E-state index in [2.05, 4.69) is 10.4 Å².